The second-order valence-electron chi connectivity index (χ2n) is 8.96. The standard InChI is InChI=1S/C27H36N4O3/c1-3-20-10-11-26(34-2)25(17-20)31-15-13-30(14-16-31)12-6-8-22(32)19-28-27(33)24-18-21-7-4-5-9-23(21)29-24/h4-5,7,9-11,17-18,22,29,32H,3,6,8,12-16,19H2,1-2H3,(H,28,33). The van der Waals surface area contributed by atoms with Crippen LogP contribution in [0.15, 0.2) is 48.5 Å². The predicted molar refractivity (Wildman–Crippen MR) is 137 cm³/mol. The van der Waals surface area contributed by atoms with Crippen LogP contribution < -0.4 is 15.0 Å². The number of para-hydroxylation sites is 1. The number of aromatic amines is 1. The van der Waals surface area contributed by atoms with Crippen LogP contribution in [-0.2, 0) is 6.42 Å². The summed E-state index contributed by atoms with van der Waals surface area (Å²) in [6.45, 7) is 7.30. The van der Waals surface area contributed by atoms with E-state index in [0.717, 1.165) is 62.2 Å². The summed E-state index contributed by atoms with van der Waals surface area (Å²) >= 11 is 0. The monoisotopic (exact) mass is 464 g/mol. The lowest BCUT2D eigenvalue weighted by Gasteiger charge is -2.37. The van der Waals surface area contributed by atoms with E-state index in [1.165, 1.54) is 11.3 Å². The van der Waals surface area contributed by atoms with Gasteiger partial charge in [-0.1, -0.05) is 31.2 Å². The molecule has 3 aromatic rings. The molecular formula is C27H36N4O3. The van der Waals surface area contributed by atoms with Gasteiger partial charge >= 0.3 is 0 Å². The number of methoxy groups -OCH3 is 1. The Morgan fingerprint density at radius 2 is 1.94 bits per heavy atom. The molecule has 1 amide bonds. The summed E-state index contributed by atoms with van der Waals surface area (Å²) in [7, 11) is 1.73. The molecule has 2 aromatic carbocycles. The van der Waals surface area contributed by atoms with Crippen molar-refractivity contribution in [3.05, 3.63) is 59.8 Å². The fourth-order valence-electron chi connectivity index (χ4n) is 4.57. The van der Waals surface area contributed by atoms with Gasteiger partial charge in [-0.2, -0.15) is 0 Å². The number of anilines is 1. The molecule has 2 heterocycles. The summed E-state index contributed by atoms with van der Waals surface area (Å²) in [5.74, 6) is 0.747. The minimum atomic E-state index is -0.546. The third-order valence-electron chi connectivity index (χ3n) is 6.65. The molecule has 182 valence electrons. The molecule has 0 bridgehead atoms. The Morgan fingerprint density at radius 3 is 2.68 bits per heavy atom. The number of hydrogen-bond acceptors (Lipinski definition) is 5. The van der Waals surface area contributed by atoms with Crippen molar-refractivity contribution in [1.29, 1.82) is 0 Å². The summed E-state index contributed by atoms with van der Waals surface area (Å²) in [6.07, 6.45) is 2.04. The Hall–Kier alpha value is -3.03. The first-order valence-corrected chi connectivity index (χ1v) is 12.3. The average molecular weight is 465 g/mol. The van der Waals surface area contributed by atoms with E-state index in [-0.39, 0.29) is 12.5 Å². The quantitative estimate of drug-likeness (QED) is 0.428. The molecule has 1 unspecified atom stereocenters. The second-order valence-corrected chi connectivity index (χ2v) is 8.96. The van der Waals surface area contributed by atoms with Crippen molar-refractivity contribution in [2.45, 2.75) is 32.3 Å². The zero-order valence-electron chi connectivity index (χ0n) is 20.2. The van der Waals surface area contributed by atoms with Crippen molar-refractivity contribution in [2.75, 3.05) is 51.3 Å². The van der Waals surface area contributed by atoms with E-state index >= 15 is 0 Å². The molecule has 0 spiro atoms. The first-order chi connectivity index (χ1) is 16.6. The molecular weight excluding hydrogens is 428 g/mol. The zero-order chi connectivity index (χ0) is 23.9. The van der Waals surface area contributed by atoms with Crippen LogP contribution >= 0.6 is 0 Å². The molecule has 1 atom stereocenters. The van der Waals surface area contributed by atoms with Crippen LogP contribution in [0.5, 0.6) is 5.75 Å². The highest BCUT2D eigenvalue weighted by Gasteiger charge is 2.20. The first kappa shape index (κ1) is 24.1. The van der Waals surface area contributed by atoms with Crippen LogP contribution in [0, 0.1) is 0 Å². The van der Waals surface area contributed by atoms with Crippen molar-refractivity contribution in [3.63, 3.8) is 0 Å². The molecule has 7 heteroatoms. The molecule has 34 heavy (non-hydrogen) atoms. The van der Waals surface area contributed by atoms with Crippen LogP contribution in [0.25, 0.3) is 10.9 Å². The highest BCUT2D eigenvalue weighted by molar-refractivity contribution is 5.97. The zero-order valence-corrected chi connectivity index (χ0v) is 20.2. The first-order valence-electron chi connectivity index (χ1n) is 12.3. The maximum Gasteiger partial charge on any atom is 0.267 e. The summed E-state index contributed by atoms with van der Waals surface area (Å²) in [5.41, 5.74) is 3.96. The van der Waals surface area contributed by atoms with Crippen molar-refractivity contribution in [2.24, 2.45) is 0 Å². The molecule has 0 radical (unpaired) electrons. The Labute approximate surface area is 201 Å². The number of aliphatic hydroxyl groups is 1. The smallest absolute Gasteiger partial charge is 0.267 e. The number of piperazine rings is 1. The number of carbonyl (C=O) groups excluding carboxylic acids is 1. The fraction of sp³-hybridized carbons (Fsp3) is 0.444. The van der Waals surface area contributed by atoms with Gasteiger partial charge in [0.25, 0.3) is 5.91 Å². The van der Waals surface area contributed by atoms with Crippen molar-refractivity contribution in [1.82, 2.24) is 15.2 Å². The van der Waals surface area contributed by atoms with Crippen LogP contribution in [-0.4, -0.2) is 73.4 Å². The van der Waals surface area contributed by atoms with Gasteiger partial charge in [0.15, 0.2) is 0 Å². The third kappa shape index (κ3) is 5.90. The Bertz CT molecular complexity index is 1060. The normalized spacial score (nSPS) is 15.4. The number of amides is 1. The number of hydrogen-bond donors (Lipinski definition) is 3. The lowest BCUT2D eigenvalue weighted by atomic mass is 10.1. The van der Waals surface area contributed by atoms with E-state index in [1.54, 1.807) is 7.11 Å². The second kappa shape index (κ2) is 11.4. The highest BCUT2D eigenvalue weighted by atomic mass is 16.5. The molecule has 1 aliphatic heterocycles. The van der Waals surface area contributed by atoms with Gasteiger partial charge in [-0.15, -0.1) is 0 Å². The summed E-state index contributed by atoms with van der Waals surface area (Å²) in [5, 5.41) is 14.2. The maximum absolute atomic E-state index is 12.4. The summed E-state index contributed by atoms with van der Waals surface area (Å²) < 4.78 is 5.58. The minimum Gasteiger partial charge on any atom is -0.495 e. The molecule has 1 fully saturated rings. The lowest BCUT2D eigenvalue weighted by Crippen LogP contribution is -2.47. The number of nitrogens with one attached hydrogen (secondary N) is 2. The van der Waals surface area contributed by atoms with E-state index in [0.29, 0.717) is 12.1 Å². The fourth-order valence-corrected chi connectivity index (χ4v) is 4.57. The molecule has 4 rings (SSSR count). The number of benzene rings is 2. The molecule has 7 nitrogen and oxygen atoms in total. The van der Waals surface area contributed by atoms with Crippen molar-refractivity contribution >= 4 is 22.5 Å². The number of rotatable bonds is 10. The van der Waals surface area contributed by atoms with Gasteiger partial charge in [0, 0.05) is 43.6 Å². The largest absolute Gasteiger partial charge is 0.495 e. The van der Waals surface area contributed by atoms with Gasteiger partial charge in [0.2, 0.25) is 0 Å². The topological polar surface area (TPSA) is 80.8 Å². The molecule has 3 N–H and O–H groups in total. The molecule has 0 aliphatic carbocycles. The van der Waals surface area contributed by atoms with Crippen LogP contribution in [0.3, 0.4) is 0 Å². The number of H-pyrrole nitrogens is 1. The summed E-state index contributed by atoms with van der Waals surface area (Å²) in [6, 6.07) is 16.1. The van der Waals surface area contributed by atoms with E-state index in [9.17, 15) is 9.90 Å². The molecule has 1 aromatic heterocycles. The number of ether oxygens (including phenoxy) is 1. The van der Waals surface area contributed by atoms with Gasteiger partial charge in [-0.25, -0.2) is 0 Å². The van der Waals surface area contributed by atoms with Gasteiger partial charge < -0.3 is 25.0 Å². The van der Waals surface area contributed by atoms with Crippen molar-refractivity contribution in [3.8, 4) is 5.75 Å². The number of fused-ring (bicyclic) bond motifs is 1. The van der Waals surface area contributed by atoms with Crippen LogP contribution in [0.1, 0.15) is 35.8 Å². The van der Waals surface area contributed by atoms with Crippen LogP contribution in [0.2, 0.25) is 0 Å². The number of nitrogens with zero attached hydrogens (tertiary/aromatic N) is 2. The van der Waals surface area contributed by atoms with Crippen LogP contribution in [0.4, 0.5) is 5.69 Å². The minimum absolute atomic E-state index is 0.186. The van der Waals surface area contributed by atoms with Crippen molar-refractivity contribution < 1.29 is 14.6 Å². The highest BCUT2D eigenvalue weighted by Crippen LogP contribution is 2.30. The Balaban J connectivity index is 1.16. The predicted octanol–water partition coefficient (Wildman–Crippen LogP) is 3.43. The number of aryl methyl sites for hydroxylation is 1. The van der Waals surface area contributed by atoms with Gasteiger partial charge in [0.05, 0.1) is 18.9 Å². The van der Waals surface area contributed by atoms with Gasteiger partial charge in [0.1, 0.15) is 11.4 Å². The maximum atomic E-state index is 12.4. The van der Waals surface area contributed by atoms with E-state index in [1.807, 2.05) is 30.3 Å². The third-order valence-corrected chi connectivity index (χ3v) is 6.65. The van der Waals surface area contributed by atoms with E-state index in [4.69, 9.17) is 4.74 Å². The Morgan fingerprint density at radius 1 is 1.15 bits per heavy atom. The van der Waals surface area contributed by atoms with E-state index < -0.39 is 6.10 Å². The molecule has 0 saturated carbocycles. The van der Waals surface area contributed by atoms with Gasteiger partial charge in [-0.05, 0) is 55.6 Å². The lowest BCUT2D eigenvalue weighted by molar-refractivity contribution is 0.0901. The SMILES string of the molecule is CCc1ccc(OC)c(N2CCN(CCCC(O)CNC(=O)c3cc4ccccc4[nH]3)CC2)c1. The molecule has 1 saturated heterocycles. The number of carbonyl (C=O) groups is 1. The van der Waals surface area contributed by atoms with E-state index in [2.05, 4.69) is 45.2 Å². The average Bonchev–Trinajstić information content (AvgIpc) is 3.32. The number of aliphatic hydroxyl groups excluding tert-OH is 1. The number of aromatic nitrogens is 1. The van der Waals surface area contributed by atoms with Gasteiger partial charge in [-0.3, -0.25) is 9.69 Å². The molecule has 1 aliphatic rings. The summed E-state index contributed by atoms with van der Waals surface area (Å²) in [4.78, 5) is 20.4. The Kier molecular flexibility index (Phi) is 8.08.